The molecule has 0 aliphatic rings. The van der Waals surface area contributed by atoms with Gasteiger partial charge in [0.1, 0.15) is 0 Å². The van der Waals surface area contributed by atoms with Gasteiger partial charge in [-0.15, -0.1) is 0 Å². The number of aryl methyl sites for hydroxylation is 1. The summed E-state index contributed by atoms with van der Waals surface area (Å²) in [7, 11) is 0. The minimum Gasteiger partial charge on any atom is -0.261 e. The van der Waals surface area contributed by atoms with Crippen molar-refractivity contribution < 1.29 is 0 Å². The van der Waals surface area contributed by atoms with E-state index in [1.807, 2.05) is 12.3 Å². The van der Waals surface area contributed by atoms with Crippen LogP contribution in [-0.2, 0) is 6.42 Å². The lowest BCUT2D eigenvalue weighted by Gasteiger charge is -2.08. The van der Waals surface area contributed by atoms with E-state index in [4.69, 9.17) is 0 Å². The van der Waals surface area contributed by atoms with Gasteiger partial charge < -0.3 is 0 Å². The van der Waals surface area contributed by atoms with Crippen LogP contribution in [0.3, 0.4) is 0 Å². The molecular formula is C16H19N. The van der Waals surface area contributed by atoms with Crippen molar-refractivity contribution in [3.05, 3.63) is 53.9 Å². The summed E-state index contributed by atoms with van der Waals surface area (Å²) in [6, 6.07) is 13.0. The summed E-state index contributed by atoms with van der Waals surface area (Å²) >= 11 is 0. The van der Waals surface area contributed by atoms with Gasteiger partial charge in [-0.25, -0.2) is 0 Å². The first kappa shape index (κ1) is 11.8. The molecular weight excluding hydrogens is 206 g/mol. The first-order valence-electron chi connectivity index (χ1n) is 6.18. The monoisotopic (exact) mass is 225 g/mol. The van der Waals surface area contributed by atoms with Crippen LogP contribution >= 0.6 is 0 Å². The summed E-state index contributed by atoms with van der Waals surface area (Å²) in [5.41, 5.74) is 4.97. The number of rotatable bonds is 3. The highest BCUT2D eigenvalue weighted by atomic mass is 14.7. The Morgan fingerprint density at radius 2 is 1.76 bits per heavy atom. The van der Waals surface area contributed by atoms with Crippen LogP contribution in [0.1, 0.15) is 25.1 Å². The number of nitrogens with zero attached hydrogens (tertiary/aromatic N) is 1. The lowest BCUT2D eigenvalue weighted by Crippen LogP contribution is -1.94. The maximum atomic E-state index is 4.33. The first-order chi connectivity index (χ1) is 8.16. The second kappa shape index (κ2) is 5.13. The van der Waals surface area contributed by atoms with E-state index in [2.05, 4.69) is 56.1 Å². The second-order valence-electron chi connectivity index (χ2n) is 4.93. The molecule has 0 aliphatic carbocycles. The standard InChI is InChI=1S/C16H19N/c1-12(2)11-14-6-8-15(9-7-14)16-5-4-10-17-13(16)3/h4-10,12H,11H2,1-3H3. The van der Waals surface area contributed by atoms with Crippen LogP contribution in [0.4, 0.5) is 0 Å². The zero-order valence-corrected chi connectivity index (χ0v) is 10.8. The van der Waals surface area contributed by atoms with Crippen LogP contribution in [0.15, 0.2) is 42.6 Å². The maximum absolute atomic E-state index is 4.33. The van der Waals surface area contributed by atoms with Crippen LogP contribution in [0, 0.1) is 12.8 Å². The van der Waals surface area contributed by atoms with Crippen molar-refractivity contribution in [2.24, 2.45) is 5.92 Å². The molecule has 1 aromatic carbocycles. The van der Waals surface area contributed by atoms with Crippen molar-refractivity contribution >= 4 is 0 Å². The Hall–Kier alpha value is -1.63. The van der Waals surface area contributed by atoms with E-state index in [1.165, 1.54) is 16.7 Å². The molecule has 1 nitrogen and oxygen atoms in total. The highest BCUT2D eigenvalue weighted by molar-refractivity contribution is 5.65. The molecule has 0 radical (unpaired) electrons. The number of hydrogen-bond donors (Lipinski definition) is 0. The highest BCUT2D eigenvalue weighted by Gasteiger charge is 2.02. The predicted molar refractivity (Wildman–Crippen MR) is 73.0 cm³/mol. The minimum atomic E-state index is 0.709. The Balaban J connectivity index is 2.27. The van der Waals surface area contributed by atoms with Gasteiger partial charge in [-0.3, -0.25) is 4.98 Å². The number of benzene rings is 1. The van der Waals surface area contributed by atoms with E-state index in [1.54, 1.807) is 0 Å². The molecule has 88 valence electrons. The van der Waals surface area contributed by atoms with Gasteiger partial charge in [0.05, 0.1) is 0 Å². The van der Waals surface area contributed by atoms with E-state index in [0.717, 1.165) is 12.1 Å². The summed E-state index contributed by atoms with van der Waals surface area (Å²) in [5.74, 6) is 0.709. The molecule has 0 unspecified atom stereocenters. The average molecular weight is 225 g/mol. The average Bonchev–Trinajstić information content (AvgIpc) is 2.30. The van der Waals surface area contributed by atoms with Crippen molar-refractivity contribution in [2.45, 2.75) is 27.2 Å². The van der Waals surface area contributed by atoms with E-state index in [-0.39, 0.29) is 0 Å². The Morgan fingerprint density at radius 3 is 2.35 bits per heavy atom. The zero-order valence-electron chi connectivity index (χ0n) is 10.8. The van der Waals surface area contributed by atoms with Gasteiger partial charge in [-0.1, -0.05) is 44.2 Å². The molecule has 1 heteroatoms. The highest BCUT2D eigenvalue weighted by Crippen LogP contribution is 2.22. The third-order valence-electron chi connectivity index (χ3n) is 2.92. The fourth-order valence-electron chi connectivity index (χ4n) is 2.08. The van der Waals surface area contributed by atoms with Crippen LogP contribution in [-0.4, -0.2) is 4.98 Å². The van der Waals surface area contributed by atoms with Gasteiger partial charge in [-0.2, -0.15) is 0 Å². The van der Waals surface area contributed by atoms with Crippen LogP contribution in [0.5, 0.6) is 0 Å². The van der Waals surface area contributed by atoms with Crippen molar-refractivity contribution in [3.8, 4) is 11.1 Å². The lowest BCUT2D eigenvalue weighted by atomic mass is 9.99. The van der Waals surface area contributed by atoms with E-state index < -0.39 is 0 Å². The Kier molecular flexibility index (Phi) is 3.58. The maximum Gasteiger partial charge on any atom is 0.0450 e. The van der Waals surface area contributed by atoms with Crippen molar-refractivity contribution in [1.82, 2.24) is 4.98 Å². The van der Waals surface area contributed by atoms with Crippen LogP contribution < -0.4 is 0 Å². The third-order valence-corrected chi connectivity index (χ3v) is 2.92. The predicted octanol–water partition coefficient (Wildman–Crippen LogP) is 4.26. The molecule has 2 aromatic rings. The quantitative estimate of drug-likeness (QED) is 0.760. The molecule has 0 spiro atoms. The fraction of sp³-hybridized carbons (Fsp3) is 0.312. The topological polar surface area (TPSA) is 12.9 Å². The first-order valence-corrected chi connectivity index (χ1v) is 6.18. The molecule has 1 heterocycles. The summed E-state index contributed by atoms with van der Waals surface area (Å²) in [6.07, 6.45) is 2.98. The molecule has 2 rings (SSSR count). The molecule has 0 bridgehead atoms. The number of aromatic nitrogens is 1. The molecule has 0 atom stereocenters. The van der Waals surface area contributed by atoms with Gasteiger partial charge in [0.25, 0.3) is 0 Å². The number of hydrogen-bond acceptors (Lipinski definition) is 1. The Morgan fingerprint density at radius 1 is 1.06 bits per heavy atom. The second-order valence-corrected chi connectivity index (χ2v) is 4.93. The zero-order chi connectivity index (χ0) is 12.3. The molecule has 0 amide bonds. The SMILES string of the molecule is Cc1ncccc1-c1ccc(CC(C)C)cc1. The Labute approximate surface area is 104 Å². The van der Waals surface area contributed by atoms with E-state index in [9.17, 15) is 0 Å². The molecule has 0 fully saturated rings. The van der Waals surface area contributed by atoms with Gasteiger partial charge in [-0.05, 0) is 36.5 Å². The van der Waals surface area contributed by atoms with Crippen LogP contribution in [0.2, 0.25) is 0 Å². The minimum absolute atomic E-state index is 0.709. The van der Waals surface area contributed by atoms with Crippen molar-refractivity contribution in [2.75, 3.05) is 0 Å². The summed E-state index contributed by atoms with van der Waals surface area (Å²) in [5, 5.41) is 0. The van der Waals surface area contributed by atoms with Crippen molar-refractivity contribution in [1.29, 1.82) is 0 Å². The smallest absolute Gasteiger partial charge is 0.0450 e. The van der Waals surface area contributed by atoms with Gasteiger partial charge >= 0.3 is 0 Å². The summed E-state index contributed by atoms with van der Waals surface area (Å²) < 4.78 is 0. The van der Waals surface area contributed by atoms with Gasteiger partial charge in [0.15, 0.2) is 0 Å². The normalized spacial score (nSPS) is 10.8. The Bertz CT molecular complexity index is 483. The van der Waals surface area contributed by atoms with Gasteiger partial charge in [0.2, 0.25) is 0 Å². The number of pyridine rings is 1. The van der Waals surface area contributed by atoms with Crippen molar-refractivity contribution in [3.63, 3.8) is 0 Å². The molecule has 17 heavy (non-hydrogen) atoms. The molecule has 0 saturated carbocycles. The third kappa shape index (κ3) is 2.94. The molecule has 1 aromatic heterocycles. The molecule has 0 N–H and O–H groups in total. The molecule has 0 aliphatic heterocycles. The summed E-state index contributed by atoms with van der Waals surface area (Å²) in [6.45, 7) is 6.55. The van der Waals surface area contributed by atoms with E-state index in [0.29, 0.717) is 5.92 Å². The van der Waals surface area contributed by atoms with E-state index >= 15 is 0 Å². The largest absolute Gasteiger partial charge is 0.261 e. The summed E-state index contributed by atoms with van der Waals surface area (Å²) in [4.78, 5) is 4.33. The van der Waals surface area contributed by atoms with Crippen LogP contribution in [0.25, 0.3) is 11.1 Å². The fourth-order valence-corrected chi connectivity index (χ4v) is 2.08. The lowest BCUT2D eigenvalue weighted by molar-refractivity contribution is 0.647. The molecule has 0 saturated heterocycles. The van der Waals surface area contributed by atoms with Gasteiger partial charge in [0, 0.05) is 17.5 Å².